The number of aromatic nitrogens is 3. The van der Waals surface area contributed by atoms with Gasteiger partial charge in [0.2, 0.25) is 0 Å². The monoisotopic (exact) mass is 429 g/mol. The molecule has 0 saturated heterocycles. The van der Waals surface area contributed by atoms with Gasteiger partial charge in [0.1, 0.15) is 5.82 Å². The number of halogens is 1. The van der Waals surface area contributed by atoms with E-state index >= 15 is 0 Å². The summed E-state index contributed by atoms with van der Waals surface area (Å²) in [7, 11) is 0. The number of hydrogen-bond donors (Lipinski definition) is 2. The molecule has 1 aliphatic carbocycles. The fourth-order valence-corrected chi connectivity index (χ4v) is 4.19. The molecule has 0 radical (unpaired) electrons. The number of nitrogens with zero attached hydrogens (tertiary/aromatic N) is 3. The molecule has 1 aromatic carbocycles. The summed E-state index contributed by atoms with van der Waals surface area (Å²) in [5, 5.41) is 0. The minimum absolute atomic E-state index is 0. The Labute approximate surface area is 171 Å². The highest BCUT2D eigenvalue weighted by molar-refractivity contribution is 8.93. The third-order valence-corrected chi connectivity index (χ3v) is 5.55. The van der Waals surface area contributed by atoms with Gasteiger partial charge in [0.15, 0.2) is 0 Å². The van der Waals surface area contributed by atoms with Crippen molar-refractivity contribution in [2.75, 3.05) is 6.54 Å². The first-order valence-corrected chi connectivity index (χ1v) is 9.63. The Kier molecular flexibility index (Phi) is 6.63. The second kappa shape index (κ2) is 8.95. The molecule has 27 heavy (non-hydrogen) atoms. The molecule has 3 aromatic rings. The summed E-state index contributed by atoms with van der Waals surface area (Å²) in [4.78, 5) is 15.5. The fourth-order valence-electron chi connectivity index (χ4n) is 4.19. The lowest BCUT2D eigenvalue weighted by atomic mass is 9.89. The second-order valence-corrected chi connectivity index (χ2v) is 7.13. The summed E-state index contributed by atoms with van der Waals surface area (Å²) < 4.78 is 0. The predicted molar refractivity (Wildman–Crippen MR) is 115 cm³/mol. The molecule has 144 valence electrons. The van der Waals surface area contributed by atoms with E-state index in [2.05, 4.69) is 35.0 Å². The van der Waals surface area contributed by atoms with Crippen LogP contribution < -0.4 is 5.73 Å². The molecule has 2 aromatic heterocycles. The molecule has 6 heteroatoms. The molecule has 5 nitrogen and oxygen atoms in total. The first-order chi connectivity index (χ1) is 12.8. The van der Waals surface area contributed by atoms with Crippen LogP contribution in [0.5, 0.6) is 0 Å². The van der Waals surface area contributed by atoms with Crippen molar-refractivity contribution in [1.82, 2.24) is 19.9 Å². The molecular formula is C21H28BrN5. The molecule has 0 bridgehead atoms. The molecule has 2 atom stereocenters. The third-order valence-electron chi connectivity index (χ3n) is 5.55. The molecule has 3 N–H and O–H groups in total. The zero-order valence-electron chi connectivity index (χ0n) is 15.8. The van der Waals surface area contributed by atoms with Crippen LogP contribution in [-0.2, 0) is 13.0 Å². The van der Waals surface area contributed by atoms with Gasteiger partial charge in [-0.2, -0.15) is 0 Å². The van der Waals surface area contributed by atoms with E-state index < -0.39 is 0 Å². The van der Waals surface area contributed by atoms with Crippen LogP contribution in [0.25, 0.3) is 11.0 Å². The van der Waals surface area contributed by atoms with E-state index in [-0.39, 0.29) is 17.0 Å². The molecule has 2 unspecified atom stereocenters. The lowest BCUT2D eigenvalue weighted by Crippen LogP contribution is -2.43. The first kappa shape index (κ1) is 20.0. The second-order valence-electron chi connectivity index (χ2n) is 7.13. The quantitative estimate of drug-likeness (QED) is 0.616. The van der Waals surface area contributed by atoms with Gasteiger partial charge in [-0.3, -0.25) is 9.88 Å². The topological polar surface area (TPSA) is 70.8 Å². The number of imidazole rings is 1. The minimum Gasteiger partial charge on any atom is -0.341 e. The maximum atomic E-state index is 6.15. The van der Waals surface area contributed by atoms with Crippen molar-refractivity contribution in [1.29, 1.82) is 0 Å². The lowest BCUT2D eigenvalue weighted by molar-refractivity contribution is 0.105. The molecule has 0 aliphatic heterocycles. The average Bonchev–Trinajstić information content (AvgIpc) is 3.10. The van der Waals surface area contributed by atoms with Gasteiger partial charge < -0.3 is 10.7 Å². The number of hydrogen-bond acceptors (Lipinski definition) is 4. The lowest BCUT2D eigenvalue weighted by Gasteiger charge is -2.39. The van der Waals surface area contributed by atoms with Gasteiger partial charge in [-0.15, -0.1) is 17.0 Å². The van der Waals surface area contributed by atoms with Gasteiger partial charge in [-0.1, -0.05) is 25.1 Å². The number of nitrogens with one attached hydrogen (secondary N) is 1. The van der Waals surface area contributed by atoms with Crippen LogP contribution >= 0.6 is 17.0 Å². The molecule has 0 saturated carbocycles. The number of aryl methyl sites for hydroxylation is 1. The molecular weight excluding hydrogens is 402 g/mol. The molecule has 0 spiro atoms. The van der Waals surface area contributed by atoms with Crippen molar-refractivity contribution in [3.8, 4) is 0 Å². The van der Waals surface area contributed by atoms with Crippen LogP contribution in [0.4, 0.5) is 0 Å². The van der Waals surface area contributed by atoms with Crippen LogP contribution in [0.1, 0.15) is 49.3 Å². The fraction of sp³-hybridized carbons (Fsp3) is 0.429. The maximum absolute atomic E-state index is 6.15. The molecule has 0 fully saturated rings. The third kappa shape index (κ3) is 4.08. The number of aromatic amines is 1. The van der Waals surface area contributed by atoms with Gasteiger partial charge in [0, 0.05) is 18.8 Å². The Hall–Kier alpha value is -1.76. The van der Waals surface area contributed by atoms with E-state index in [1.165, 1.54) is 17.7 Å². The van der Waals surface area contributed by atoms with Crippen molar-refractivity contribution in [2.24, 2.45) is 5.73 Å². The zero-order valence-corrected chi connectivity index (χ0v) is 17.5. The summed E-state index contributed by atoms with van der Waals surface area (Å²) in [5.41, 5.74) is 10.9. The molecule has 2 heterocycles. The smallest absolute Gasteiger partial charge is 0.121 e. The van der Waals surface area contributed by atoms with Gasteiger partial charge in [-0.25, -0.2) is 4.98 Å². The summed E-state index contributed by atoms with van der Waals surface area (Å²) in [6, 6.07) is 13.1. The molecule has 4 rings (SSSR count). The molecule has 0 amide bonds. The maximum Gasteiger partial charge on any atom is 0.121 e. The van der Waals surface area contributed by atoms with Crippen LogP contribution in [0.2, 0.25) is 0 Å². The van der Waals surface area contributed by atoms with Crippen molar-refractivity contribution in [3.63, 3.8) is 0 Å². The minimum atomic E-state index is 0. The van der Waals surface area contributed by atoms with E-state index in [4.69, 9.17) is 15.7 Å². The largest absolute Gasteiger partial charge is 0.341 e. The van der Waals surface area contributed by atoms with Crippen molar-refractivity contribution < 1.29 is 0 Å². The highest BCUT2D eigenvalue weighted by Gasteiger charge is 2.31. The van der Waals surface area contributed by atoms with E-state index in [9.17, 15) is 0 Å². The van der Waals surface area contributed by atoms with Gasteiger partial charge in [0.25, 0.3) is 0 Å². The Morgan fingerprint density at radius 1 is 1.26 bits per heavy atom. The SMILES string of the molecule is Br.CCC(CN)N(Cc1nc2ccccc2[nH]1)C1CCCc2cccnc21. The first-order valence-electron chi connectivity index (χ1n) is 9.63. The normalized spacial score (nSPS) is 17.5. The van der Waals surface area contributed by atoms with E-state index in [0.717, 1.165) is 42.7 Å². The van der Waals surface area contributed by atoms with E-state index in [1.807, 2.05) is 24.4 Å². The van der Waals surface area contributed by atoms with E-state index in [0.29, 0.717) is 18.6 Å². The summed E-state index contributed by atoms with van der Waals surface area (Å²) >= 11 is 0. The number of fused-ring (bicyclic) bond motifs is 2. The number of H-pyrrole nitrogens is 1. The predicted octanol–water partition coefficient (Wildman–Crippen LogP) is 4.15. The van der Waals surface area contributed by atoms with E-state index in [1.54, 1.807) is 0 Å². The van der Waals surface area contributed by atoms with Gasteiger partial charge in [-0.05, 0) is 49.4 Å². The van der Waals surface area contributed by atoms with Gasteiger partial charge in [0.05, 0.1) is 29.3 Å². The Bertz CT molecular complexity index is 841. The van der Waals surface area contributed by atoms with Crippen molar-refractivity contribution >= 4 is 28.0 Å². The average molecular weight is 430 g/mol. The number of para-hydroxylation sites is 2. The zero-order chi connectivity index (χ0) is 17.9. The van der Waals surface area contributed by atoms with Crippen molar-refractivity contribution in [3.05, 3.63) is 59.7 Å². The highest BCUT2D eigenvalue weighted by Crippen LogP contribution is 2.35. The number of nitrogens with two attached hydrogens (primary N) is 1. The van der Waals surface area contributed by atoms with Crippen LogP contribution in [-0.4, -0.2) is 32.4 Å². The van der Waals surface area contributed by atoms with Crippen LogP contribution in [0, 0.1) is 0 Å². The Balaban J connectivity index is 0.00000210. The van der Waals surface area contributed by atoms with Crippen molar-refractivity contribution in [2.45, 2.75) is 51.2 Å². The van der Waals surface area contributed by atoms with Crippen LogP contribution in [0.3, 0.4) is 0 Å². The summed E-state index contributed by atoms with van der Waals surface area (Å²) in [6.07, 6.45) is 6.38. The summed E-state index contributed by atoms with van der Waals surface area (Å²) in [6.45, 7) is 3.63. The number of pyridine rings is 1. The Morgan fingerprint density at radius 3 is 2.89 bits per heavy atom. The van der Waals surface area contributed by atoms with Crippen LogP contribution in [0.15, 0.2) is 42.6 Å². The number of rotatable bonds is 6. The number of benzene rings is 1. The standard InChI is InChI=1S/C21H27N5.BrH/c1-2-16(13-22)26(14-20-24-17-9-3-4-10-18(17)25-20)19-11-5-7-15-8-6-12-23-21(15)19;/h3-4,6,8-10,12,16,19H,2,5,7,11,13-14,22H2,1H3,(H,24,25);1H. The van der Waals surface area contributed by atoms with Gasteiger partial charge >= 0.3 is 0 Å². The Morgan fingerprint density at radius 2 is 2.11 bits per heavy atom. The highest BCUT2D eigenvalue weighted by atomic mass is 79.9. The molecule has 1 aliphatic rings. The summed E-state index contributed by atoms with van der Waals surface area (Å²) in [5.74, 6) is 1.00.